The van der Waals surface area contributed by atoms with E-state index < -0.39 is 15.9 Å². The Hall–Kier alpha value is -4.05. The van der Waals surface area contributed by atoms with Crippen molar-refractivity contribution in [2.24, 2.45) is 0 Å². The molecule has 1 amide bonds. The monoisotopic (exact) mass is 491 g/mol. The number of hydrogen-bond donors (Lipinski definition) is 2. The molecule has 2 aliphatic rings. The Balaban J connectivity index is 1.24. The van der Waals surface area contributed by atoms with E-state index in [4.69, 9.17) is 13.9 Å². The van der Waals surface area contributed by atoms with Crippen LogP contribution >= 0.6 is 0 Å². The molecule has 10 heteroatoms. The van der Waals surface area contributed by atoms with E-state index >= 15 is 0 Å². The third kappa shape index (κ3) is 4.28. The molecule has 6 rings (SSSR count). The van der Waals surface area contributed by atoms with Gasteiger partial charge in [-0.05, 0) is 55.3 Å². The number of anilines is 2. The van der Waals surface area contributed by atoms with Crippen molar-refractivity contribution in [2.75, 3.05) is 23.3 Å². The van der Waals surface area contributed by atoms with Crippen molar-refractivity contribution in [3.8, 4) is 11.5 Å². The minimum absolute atomic E-state index is 0.0000816. The van der Waals surface area contributed by atoms with Crippen LogP contribution in [0.4, 0.5) is 11.4 Å². The van der Waals surface area contributed by atoms with Crippen molar-refractivity contribution in [3.63, 3.8) is 0 Å². The highest BCUT2D eigenvalue weighted by Gasteiger charge is 2.29. The molecule has 0 radical (unpaired) electrons. The van der Waals surface area contributed by atoms with Crippen molar-refractivity contribution < 1.29 is 27.1 Å². The molecular formula is C25H21N3O6S. The highest BCUT2D eigenvalue weighted by Crippen LogP contribution is 2.40. The maximum absolute atomic E-state index is 13.1. The predicted molar refractivity (Wildman–Crippen MR) is 129 cm³/mol. The summed E-state index contributed by atoms with van der Waals surface area (Å²) in [7, 11) is -3.99. The number of carbonyl (C=O) groups excluding carboxylic acids is 1. The minimum atomic E-state index is -3.99. The number of aromatic nitrogens is 1. The normalized spacial score (nSPS) is 15.1. The second-order valence-corrected chi connectivity index (χ2v) is 10.1. The van der Waals surface area contributed by atoms with Crippen molar-refractivity contribution in [1.82, 2.24) is 4.98 Å². The van der Waals surface area contributed by atoms with Gasteiger partial charge < -0.3 is 19.2 Å². The maximum Gasteiger partial charge on any atom is 0.262 e. The molecule has 0 saturated heterocycles. The van der Waals surface area contributed by atoms with E-state index in [0.29, 0.717) is 47.4 Å². The van der Waals surface area contributed by atoms with Crippen LogP contribution in [0.15, 0.2) is 70.0 Å². The zero-order valence-electron chi connectivity index (χ0n) is 18.5. The summed E-state index contributed by atoms with van der Waals surface area (Å²) >= 11 is 0. The summed E-state index contributed by atoms with van der Waals surface area (Å²) in [6.07, 6.45) is 2.16. The summed E-state index contributed by atoms with van der Waals surface area (Å²) in [5, 5.41) is 2.82. The van der Waals surface area contributed by atoms with Gasteiger partial charge in [0.2, 0.25) is 0 Å². The average Bonchev–Trinajstić information content (AvgIpc) is 3.63. The molecule has 1 fully saturated rings. The lowest BCUT2D eigenvalue weighted by Crippen LogP contribution is -2.19. The second-order valence-electron chi connectivity index (χ2n) is 8.42. The lowest BCUT2D eigenvalue weighted by molar-refractivity contribution is 0.102. The highest BCUT2D eigenvalue weighted by molar-refractivity contribution is 7.92. The Morgan fingerprint density at radius 1 is 0.943 bits per heavy atom. The summed E-state index contributed by atoms with van der Waals surface area (Å²) in [6.45, 7) is 0.750. The van der Waals surface area contributed by atoms with Crippen LogP contribution in [0.1, 0.15) is 35.0 Å². The first-order chi connectivity index (χ1) is 17.0. The summed E-state index contributed by atoms with van der Waals surface area (Å²) in [5.74, 6) is 1.49. The first-order valence-corrected chi connectivity index (χ1v) is 12.7. The van der Waals surface area contributed by atoms with Gasteiger partial charge in [-0.1, -0.05) is 12.1 Å². The maximum atomic E-state index is 13.1. The quantitative estimate of drug-likeness (QED) is 0.407. The fourth-order valence-electron chi connectivity index (χ4n) is 3.89. The van der Waals surface area contributed by atoms with Gasteiger partial charge >= 0.3 is 0 Å². The molecule has 4 aromatic rings. The number of carbonyl (C=O) groups is 1. The zero-order valence-corrected chi connectivity index (χ0v) is 19.3. The molecule has 0 atom stereocenters. The molecule has 0 spiro atoms. The van der Waals surface area contributed by atoms with Gasteiger partial charge in [0.1, 0.15) is 18.7 Å². The van der Waals surface area contributed by atoms with Crippen LogP contribution in [0.5, 0.6) is 11.5 Å². The number of fused-ring (bicyclic) bond motifs is 2. The van der Waals surface area contributed by atoms with Gasteiger partial charge in [-0.2, -0.15) is 0 Å². The van der Waals surface area contributed by atoms with Gasteiger partial charge in [-0.3, -0.25) is 9.52 Å². The Labute approximate surface area is 201 Å². The van der Waals surface area contributed by atoms with Crippen molar-refractivity contribution in [1.29, 1.82) is 0 Å². The highest BCUT2D eigenvalue weighted by atomic mass is 32.2. The van der Waals surface area contributed by atoms with E-state index in [0.717, 1.165) is 18.7 Å². The van der Waals surface area contributed by atoms with Crippen molar-refractivity contribution in [2.45, 2.75) is 23.7 Å². The molecule has 35 heavy (non-hydrogen) atoms. The fourth-order valence-corrected chi connectivity index (χ4v) is 4.99. The molecule has 1 saturated carbocycles. The summed E-state index contributed by atoms with van der Waals surface area (Å²) in [5.41, 5.74) is 2.18. The molecule has 1 aliphatic carbocycles. The number of ether oxygens (including phenoxy) is 2. The topological polar surface area (TPSA) is 120 Å². The third-order valence-electron chi connectivity index (χ3n) is 5.83. The summed E-state index contributed by atoms with van der Waals surface area (Å²) in [6, 6.07) is 16.0. The molecule has 3 aromatic carbocycles. The Bertz CT molecular complexity index is 1560. The van der Waals surface area contributed by atoms with E-state index in [9.17, 15) is 13.2 Å². The number of sulfonamides is 1. The number of oxazole rings is 1. The summed E-state index contributed by atoms with van der Waals surface area (Å²) in [4.78, 5) is 17.6. The zero-order chi connectivity index (χ0) is 24.0. The number of para-hydroxylation sites is 1. The first-order valence-electron chi connectivity index (χ1n) is 11.2. The third-order valence-corrected chi connectivity index (χ3v) is 7.19. The van der Waals surface area contributed by atoms with E-state index in [-0.39, 0.29) is 16.1 Å². The number of nitrogens with one attached hydrogen (secondary N) is 2. The van der Waals surface area contributed by atoms with Gasteiger partial charge in [0.05, 0.1) is 16.1 Å². The number of benzene rings is 3. The fraction of sp³-hybridized carbons (Fsp3) is 0.200. The van der Waals surface area contributed by atoms with Crippen LogP contribution in [0.25, 0.3) is 11.1 Å². The summed E-state index contributed by atoms with van der Waals surface area (Å²) < 4.78 is 45.4. The van der Waals surface area contributed by atoms with Gasteiger partial charge in [0.25, 0.3) is 15.9 Å². The molecule has 0 unspecified atom stereocenters. The lowest BCUT2D eigenvalue weighted by atomic mass is 10.1. The van der Waals surface area contributed by atoms with Gasteiger partial charge in [-0.15, -0.1) is 0 Å². The molecule has 2 heterocycles. The van der Waals surface area contributed by atoms with Crippen LogP contribution in [0.2, 0.25) is 0 Å². The van der Waals surface area contributed by atoms with Crippen molar-refractivity contribution in [3.05, 3.63) is 72.1 Å². The lowest BCUT2D eigenvalue weighted by Gasteiger charge is -2.19. The van der Waals surface area contributed by atoms with Crippen LogP contribution in [0.3, 0.4) is 0 Å². The standard InChI is InChI=1S/C25H21N3O6S/c29-24(26-16-7-9-21-20(13-16)27-25(34-21)15-5-6-15)18-3-1-2-4-19(18)28-35(30,31)17-8-10-22-23(14-17)33-12-11-32-22/h1-4,7-10,13-15,28H,5-6,11-12H2,(H,26,29). The molecule has 0 bridgehead atoms. The Morgan fingerprint density at radius 2 is 1.74 bits per heavy atom. The van der Waals surface area contributed by atoms with E-state index in [1.807, 2.05) is 0 Å². The Morgan fingerprint density at radius 3 is 2.57 bits per heavy atom. The largest absolute Gasteiger partial charge is 0.486 e. The molecule has 2 N–H and O–H groups in total. The smallest absolute Gasteiger partial charge is 0.262 e. The van der Waals surface area contributed by atoms with Gasteiger partial charge in [0, 0.05) is 17.7 Å². The minimum Gasteiger partial charge on any atom is -0.486 e. The Kier molecular flexibility index (Phi) is 5.10. The second kappa shape index (κ2) is 8.31. The van der Waals surface area contributed by atoms with Crippen LogP contribution < -0.4 is 19.5 Å². The SMILES string of the molecule is O=C(Nc1ccc2oc(C3CC3)nc2c1)c1ccccc1NS(=O)(=O)c1ccc2c(c1)OCCO2. The van der Waals surface area contributed by atoms with E-state index in [1.54, 1.807) is 42.5 Å². The molecule has 1 aromatic heterocycles. The van der Waals surface area contributed by atoms with Gasteiger partial charge in [-0.25, -0.2) is 13.4 Å². The average molecular weight is 492 g/mol. The first kappa shape index (κ1) is 21.5. The van der Waals surface area contributed by atoms with E-state index in [2.05, 4.69) is 15.0 Å². The van der Waals surface area contributed by atoms with E-state index in [1.165, 1.54) is 18.2 Å². The number of hydrogen-bond acceptors (Lipinski definition) is 7. The number of nitrogens with zero attached hydrogens (tertiary/aromatic N) is 1. The number of rotatable bonds is 6. The predicted octanol–water partition coefficient (Wildman–Crippen LogP) is 4.53. The van der Waals surface area contributed by atoms with Crippen LogP contribution in [-0.2, 0) is 10.0 Å². The van der Waals surface area contributed by atoms with Gasteiger partial charge in [0.15, 0.2) is 23.0 Å². The van der Waals surface area contributed by atoms with Crippen LogP contribution in [0, 0.1) is 0 Å². The molecular weight excluding hydrogens is 470 g/mol. The molecule has 1 aliphatic heterocycles. The molecule has 9 nitrogen and oxygen atoms in total. The number of amides is 1. The van der Waals surface area contributed by atoms with Crippen LogP contribution in [-0.4, -0.2) is 32.5 Å². The molecule has 178 valence electrons. The van der Waals surface area contributed by atoms with Crippen molar-refractivity contribution >= 4 is 38.4 Å².